The smallest absolute Gasteiger partial charge is 0.311 e. The summed E-state index contributed by atoms with van der Waals surface area (Å²) in [5.41, 5.74) is 7.23. The summed E-state index contributed by atoms with van der Waals surface area (Å²) >= 11 is 0. The Morgan fingerprint density at radius 1 is 0.818 bits per heavy atom. The van der Waals surface area contributed by atoms with Gasteiger partial charge in [-0.3, -0.25) is 13.8 Å². The first kappa shape index (κ1) is 42.0. The average molecular weight is 644 g/mol. The Kier molecular flexibility index (Phi) is 19.3. The van der Waals surface area contributed by atoms with Crippen molar-refractivity contribution in [2.45, 2.75) is 139 Å². The van der Waals surface area contributed by atoms with Gasteiger partial charge in [0.25, 0.3) is 10.1 Å². The fourth-order valence-corrected chi connectivity index (χ4v) is 4.91. The van der Waals surface area contributed by atoms with E-state index < -0.39 is 34.2 Å². The van der Waals surface area contributed by atoms with Crippen molar-refractivity contribution in [3.8, 4) is 11.5 Å². The second-order valence-electron chi connectivity index (χ2n) is 14.3. The van der Waals surface area contributed by atoms with Gasteiger partial charge in [-0.1, -0.05) is 87.1 Å². The van der Waals surface area contributed by atoms with E-state index in [2.05, 4.69) is 41.5 Å². The van der Waals surface area contributed by atoms with Crippen molar-refractivity contribution in [1.29, 1.82) is 0 Å². The quantitative estimate of drug-likeness (QED) is 0.0764. The molecular weight excluding hydrogens is 582 g/mol. The van der Waals surface area contributed by atoms with Crippen LogP contribution in [0.4, 0.5) is 0 Å². The molecule has 3 N–H and O–H groups in total. The lowest BCUT2D eigenvalue weighted by atomic mass is 9.89. The molecule has 0 amide bonds. The molecule has 0 saturated heterocycles. The van der Waals surface area contributed by atoms with E-state index >= 15 is 0 Å². The summed E-state index contributed by atoms with van der Waals surface area (Å²) in [6.45, 7) is 18.8. The van der Waals surface area contributed by atoms with E-state index in [-0.39, 0.29) is 47.7 Å². The van der Waals surface area contributed by atoms with Gasteiger partial charge >= 0.3 is 11.9 Å². The molecule has 0 aliphatic rings. The molecule has 0 aromatic heterocycles. The number of carbonyl (C=O) groups is 2. The zero-order valence-electron chi connectivity index (χ0n) is 29.0. The van der Waals surface area contributed by atoms with E-state index in [1.54, 1.807) is 13.0 Å². The molecule has 1 aromatic carbocycles. The average Bonchev–Trinajstić information content (AvgIpc) is 2.86. The maximum absolute atomic E-state index is 12.8. The summed E-state index contributed by atoms with van der Waals surface area (Å²) in [5.74, 6) is -0.828. The summed E-state index contributed by atoms with van der Waals surface area (Å²) in [6.07, 6.45) is 7.79. The Balaban J connectivity index is 0.00000590. The molecule has 1 aromatic rings. The van der Waals surface area contributed by atoms with E-state index in [0.29, 0.717) is 18.4 Å². The van der Waals surface area contributed by atoms with Gasteiger partial charge in [-0.2, -0.15) is 8.42 Å². The van der Waals surface area contributed by atoms with E-state index in [0.717, 1.165) is 44.8 Å². The van der Waals surface area contributed by atoms with Gasteiger partial charge in [-0.25, -0.2) is 0 Å². The zero-order chi connectivity index (χ0) is 34.1. The monoisotopic (exact) mass is 643 g/mol. The number of nitrogens with two attached hydrogens (primary N) is 1. The van der Waals surface area contributed by atoms with Crippen molar-refractivity contribution in [3.63, 3.8) is 0 Å². The molecule has 0 aliphatic heterocycles. The van der Waals surface area contributed by atoms with E-state index in [1.807, 2.05) is 13.8 Å². The number of aliphatic hydroxyl groups is 1. The number of hydrogen-bond donors (Lipinski definition) is 2. The van der Waals surface area contributed by atoms with Crippen molar-refractivity contribution in [1.82, 2.24) is 0 Å². The lowest BCUT2D eigenvalue weighted by Crippen LogP contribution is -2.36. The molecule has 1 rings (SSSR count). The van der Waals surface area contributed by atoms with Crippen LogP contribution in [-0.2, 0) is 23.9 Å². The molecule has 256 valence electrons. The lowest BCUT2D eigenvalue weighted by Gasteiger charge is -2.26. The molecule has 44 heavy (non-hydrogen) atoms. The van der Waals surface area contributed by atoms with Crippen LogP contribution in [0.2, 0.25) is 0 Å². The summed E-state index contributed by atoms with van der Waals surface area (Å²) in [4.78, 5) is 25.4. The summed E-state index contributed by atoms with van der Waals surface area (Å²) in [7, 11) is -3.84. The molecule has 0 bridgehead atoms. The molecule has 2 unspecified atom stereocenters. The number of esters is 2. The SMILES string of the molecule is CC(C)C(N)C(OS(C)(=O)=O)c1ccc(OC(=O)CCCCCC(C)(C)C)c(OC(=O)CCCCCC(C)(C)C)c1.CCO. The van der Waals surface area contributed by atoms with Gasteiger partial charge in [0.05, 0.1) is 6.26 Å². The van der Waals surface area contributed by atoms with Gasteiger partial charge in [0.15, 0.2) is 11.5 Å². The first-order chi connectivity index (χ1) is 20.2. The molecule has 0 aliphatic carbocycles. The minimum absolute atomic E-state index is 0.0429. The number of carbonyl (C=O) groups excluding carboxylic acids is 2. The molecule has 10 heteroatoms. The lowest BCUT2D eigenvalue weighted by molar-refractivity contribution is -0.137. The van der Waals surface area contributed by atoms with E-state index in [1.165, 1.54) is 12.1 Å². The Morgan fingerprint density at radius 2 is 1.25 bits per heavy atom. The van der Waals surface area contributed by atoms with Crippen molar-refractivity contribution >= 4 is 22.1 Å². The third-order valence-corrected chi connectivity index (χ3v) is 7.31. The van der Waals surface area contributed by atoms with Crippen LogP contribution in [0.15, 0.2) is 18.2 Å². The van der Waals surface area contributed by atoms with Crippen LogP contribution in [0, 0.1) is 16.7 Å². The van der Waals surface area contributed by atoms with Crippen LogP contribution in [0.25, 0.3) is 0 Å². The van der Waals surface area contributed by atoms with Crippen LogP contribution in [0.1, 0.15) is 138 Å². The van der Waals surface area contributed by atoms with Gasteiger partial charge in [0, 0.05) is 25.5 Å². The highest BCUT2D eigenvalue weighted by Gasteiger charge is 2.29. The Bertz CT molecular complexity index is 1090. The minimum atomic E-state index is -3.84. The maximum atomic E-state index is 12.8. The highest BCUT2D eigenvalue weighted by Crippen LogP contribution is 2.35. The van der Waals surface area contributed by atoms with Crippen LogP contribution >= 0.6 is 0 Å². The molecule has 0 fully saturated rings. The highest BCUT2D eigenvalue weighted by molar-refractivity contribution is 7.86. The van der Waals surface area contributed by atoms with Crippen molar-refractivity contribution < 1.29 is 36.8 Å². The number of benzene rings is 1. The molecule has 0 saturated carbocycles. The number of unbranched alkanes of at least 4 members (excludes halogenated alkanes) is 4. The third kappa shape index (κ3) is 20.9. The van der Waals surface area contributed by atoms with Gasteiger partial charge in [-0.05, 0) is 67.1 Å². The van der Waals surface area contributed by atoms with Crippen LogP contribution in [0.3, 0.4) is 0 Å². The third-order valence-electron chi connectivity index (χ3n) is 6.76. The Morgan fingerprint density at radius 3 is 1.64 bits per heavy atom. The number of ether oxygens (including phenoxy) is 2. The molecular formula is C34H61NO8S. The van der Waals surface area contributed by atoms with E-state index in [9.17, 15) is 18.0 Å². The fraction of sp³-hybridized carbons (Fsp3) is 0.765. The van der Waals surface area contributed by atoms with Gasteiger partial charge < -0.3 is 20.3 Å². The van der Waals surface area contributed by atoms with Crippen molar-refractivity contribution in [2.24, 2.45) is 22.5 Å². The highest BCUT2D eigenvalue weighted by atomic mass is 32.2. The largest absolute Gasteiger partial charge is 0.423 e. The normalized spacial score (nSPS) is 13.6. The van der Waals surface area contributed by atoms with Gasteiger partial charge in [-0.15, -0.1) is 0 Å². The second-order valence-corrected chi connectivity index (χ2v) is 15.9. The topological polar surface area (TPSA) is 142 Å². The molecule has 2 atom stereocenters. The number of hydrogen-bond acceptors (Lipinski definition) is 9. The fourth-order valence-electron chi connectivity index (χ4n) is 4.30. The minimum Gasteiger partial charge on any atom is -0.423 e. The first-order valence-electron chi connectivity index (χ1n) is 16.0. The number of rotatable bonds is 17. The molecule has 9 nitrogen and oxygen atoms in total. The molecule has 0 radical (unpaired) electrons. The maximum Gasteiger partial charge on any atom is 0.311 e. The van der Waals surface area contributed by atoms with Crippen LogP contribution in [-0.4, -0.2) is 44.4 Å². The predicted molar refractivity (Wildman–Crippen MR) is 177 cm³/mol. The second kappa shape index (κ2) is 20.2. The van der Waals surface area contributed by atoms with Crippen LogP contribution < -0.4 is 15.2 Å². The summed E-state index contributed by atoms with van der Waals surface area (Å²) in [5, 5.41) is 7.57. The molecule has 0 spiro atoms. The summed E-state index contributed by atoms with van der Waals surface area (Å²) in [6, 6.07) is 3.93. The Hall–Kier alpha value is -2.01. The van der Waals surface area contributed by atoms with Gasteiger partial charge in [0.2, 0.25) is 0 Å². The summed E-state index contributed by atoms with van der Waals surface area (Å²) < 4.78 is 40.7. The van der Waals surface area contributed by atoms with Crippen molar-refractivity contribution in [2.75, 3.05) is 12.9 Å². The van der Waals surface area contributed by atoms with Crippen molar-refractivity contribution in [3.05, 3.63) is 23.8 Å². The number of aliphatic hydroxyl groups excluding tert-OH is 1. The molecule has 0 heterocycles. The van der Waals surface area contributed by atoms with E-state index in [4.69, 9.17) is 24.5 Å². The predicted octanol–water partition coefficient (Wildman–Crippen LogP) is 7.49. The zero-order valence-corrected chi connectivity index (χ0v) is 29.8. The van der Waals surface area contributed by atoms with Gasteiger partial charge in [0.1, 0.15) is 6.10 Å². The Labute approximate surface area is 267 Å². The first-order valence-corrected chi connectivity index (χ1v) is 17.8. The van der Waals surface area contributed by atoms with Crippen LogP contribution in [0.5, 0.6) is 11.5 Å². The standard InChI is InChI=1S/C32H55NO7S.C2H6O/c1-23(2)29(33)30(40-41(9,36)37)24-18-19-25(38-27(34)16-12-10-14-20-31(3,4)5)26(22-24)39-28(35)17-13-11-15-21-32(6,7)8;1-2-3/h18-19,22-23,29-30H,10-17,20-21,33H2,1-9H3;3H,2H2,1H3.